The fraction of sp³-hybridized carbons (Fsp3) is 0.200. The summed E-state index contributed by atoms with van der Waals surface area (Å²) >= 11 is 12.5. The number of anilines is 1. The highest BCUT2D eigenvalue weighted by atomic mass is 35.5. The molecule has 1 unspecified atom stereocenters. The van der Waals surface area contributed by atoms with Crippen LogP contribution >= 0.6 is 23.2 Å². The number of carbonyl (C=O) groups excluding carboxylic acids is 2. The van der Waals surface area contributed by atoms with E-state index in [4.69, 9.17) is 32.7 Å². The van der Waals surface area contributed by atoms with Crippen LogP contribution in [0.25, 0.3) is 0 Å². The van der Waals surface area contributed by atoms with Gasteiger partial charge in [-0.2, -0.15) is 0 Å². The Morgan fingerprint density at radius 1 is 1.14 bits per heavy atom. The summed E-state index contributed by atoms with van der Waals surface area (Å²) in [6.45, 7) is 1.64. The number of halogens is 2. The fourth-order valence-corrected chi connectivity index (χ4v) is 3.49. The van der Waals surface area contributed by atoms with E-state index in [1.807, 2.05) is 0 Å². The van der Waals surface area contributed by atoms with Gasteiger partial charge in [0.15, 0.2) is 0 Å². The van der Waals surface area contributed by atoms with Gasteiger partial charge in [-0.1, -0.05) is 35.3 Å². The smallest absolute Gasteiger partial charge is 0.319 e. The van der Waals surface area contributed by atoms with Gasteiger partial charge in [-0.05, 0) is 30.7 Å². The molecule has 2 aromatic rings. The first-order valence-corrected chi connectivity index (χ1v) is 9.36. The molecule has 1 aliphatic heterocycles. The van der Waals surface area contributed by atoms with Gasteiger partial charge >= 0.3 is 6.03 Å². The molecule has 0 aromatic heterocycles. The lowest BCUT2D eigenvalue weighted by atomic mass is 9.94. The Morgan fingerprint density at radius 3 is 2.59 bits per heavy atom. The van der Waals surface area contributed by atoms with Gasteiger partial charge in [-0.25, -0.2) is 4.79 Å². The average molecular weight is 436 g/mol. The lowest BCUT2D eigenvalue weighted by Gasteiger charge is -2.29. The lowest BCUT2D eigenvalue weighted by molar-refractivity contribution is -0.113. The first kappa shape index (κ1) is 20.8. The molecule has 0 fully saturated rings. The number of benzene rings is 2. The molecule has 152 valence electrons. The van der Waals surface area contributed by atoms with E-state index in [1.54, 1.807) is 43.3 Å². The number of nitrogens with one attached hydrogen (secondary N) is 3. The molecule has 1 atom stereocenters. The predicted molar refractivity (Wildman–Crippen MR) is 112 cm³/mol. The molecule has 29 heavy (non-hydrogen) atoms. The number of urea groups is 1. The molecule has 1 heterocycles. The van der Waals surface area contributed by atoms with Crippen molar-refractivity contribution < 1.29 is 19.1 Å². The van der Waals surface area contributed by atoms with Gasteiger partial charge in [0.2, 0.25) is 0 Å². The molecule has 3 N–H and O–H groups in total. The number of rotatable bonds is 5. The van der Waals surface area contributed by atoms with Crippen LogP contribution in [0, 0.1) is 0 Å². The van der Waals surface area contributed by atoms with Crippen LogP contribution in [0.15, 0.2) is 47.7 Å². The number of allylic oxidation sites excluding steroid dienone is 1. The van der Waals surface area contributed by atoms with E-state index in [2.05, 4.69) is 16.0 Å². The molecule has 0 aliphatic carbocycles. The molecule has 0 saturated carbocycles. The Morgan fingerprint density at radius 2 is 1.90 bits per heavy atom. The van der Waals surface area contributed by atoms with E-state index in [-0.39, 0.29) is 5.02 Å². The lowest BCUT2D eigenvalue weighted by Crippen LogP contribution is -2.46. The van der Waals surface area contributed by atoms with Crippen molar-refractivity contribution in [2.75, 3.05) is 19.5 Å². The van der Waals surface area contributed by atoms with Gasteiger partial charge in [-0.3, -0.25) is 4.79 Å². The van der Waals surface area contributed by atoms with Crippen molar-refractivity contribution in [2.24, 2.45) is 0 Å². The molecule has 0 saturated heterocycles. The standard InChI is InChI=1S/C20H19Cl2N3O4/c1-10-16(19(26)24-14-9-11(28-2)7-8-15(14)29-3)18(25-20(27)23-10)12-5-4-6-13(21)17(12)22/h4-9,18H,1-3H3,(H,24,26)(H2,23,25,27). The summed E-state index contributed by atoms with van der Waals surface area (Å²) in [6, 6.07) is 8.85. The van der Waals surface area contributed by atoms with Gasteiger partial charge in [-0.15, -0.1) is 0 Å². The van der Waals surface area contributed by atoms with Crippen molar-refractivity contribution in [3.63, 3.8) is 0 Å². The Balaban J connectivity index is 2.02. The molecule has 0 radical (unpaired) electrons. The Kier molecular flexibility index (Phi) is 6.20. The van der Waals surface area contributed by atoms with Crippen molar-refractivity contribution in [2.45, 2.75) is 13.0 Å². The molecule has 3 rings (SSSR count). The summed E-state index contributed by atoms with van der Waals surface area (Å²) < 4.78 is 10.5. The Labute approximate surface area is 178 Å². The molecule has 1 aliphatic rings. The van der Waals surface area contributed by atoms with Crippen LogP contribution in [0.1, 0.15) is 18.5 Å². The first-order valence-electron chi connectivity index (χ1n) is 8.61. The predicted octanol–water partition coefficient (Wildman–Crippen LogP) is 4.28. The minimum atomic E-state index is -0.786. The van der Waals surface area contributed by atoms with Gasteiger partial charge < -0.3 is 25.4 Å². The van der Waals surface area contributed by atoms with Crippen molar-refractivity contribution in [3.8, 4) is 11.5 Å². The highest BCUT2D eigenvalue weighted by molar-refractivity contribution is 6.42. The van der Waals surface area contributed by atoms with Crippen molar-refractivity contribution in [1.29, 1.82) is 0 Å². The molecule has 0 bridgehead atoms. The second-order valence-electron chi connectivity index (χ2n) is 6.23. The number of ether oxygens (including phenoxy) is 2. The number of carbonyl (C=O) groups is 2. The maximum absolute atomic E-state index is 13.2. The topological polar surface area (TPSA) is 88.7 Å². The maximum Gasteiger partial charge on any atom is 0.319 e. The summed E-state index contributed by atoms with van der Waals surface area (Å²) in [7, 11) is 3.02. The van der Waals surface area contributed by atoms with Gasteiger partial charge in [0.25, 0.3) is 5.91 Å². The SMILES string of the molecule is COc1ccc(OC)c(NC(=O)C2=C(C)NC(=O)NC2c2cccc(Cl)c2Cl)c1. The highest BCUT2D eigenvalue weighted by Gasteiger charge is 2.33. The Bertz CT molecular complexity index is 1010. The van der Waals surface area contributed by atoms with Crippen LogP contribution < -0.4 is 25.4 Å². The zero-order valence-corrected chi connectivity index (χ0v) is 17.4. The molecular formula is C20H19Cl2N3O4. The summed E-state index contributed by atoms with van der Waals surface area (Å²) in [5.74, 6) is 0.571. The summed E-state index contributed by atoms with van der Waals surface area (Å²) in [6.07, 6.45) is 0. The van der Waals surface area contributed by atoms with Crippen LogP contribution in [-0.4, -0.2) is 26.2 Å². The monoisotopic (exact) mass is 435 g/mol. The van der Waals surface area contributed by atoms with E-state index in [1.165, 1.54) is 14.2 Å². The third-order valence-corrected chi connectivity index (χ3v) is 5.29. The second-order valence-corrected chi connectivity index (χ2v) is 7.02. The molecular weight excluding hydrogens is 417 g/mol. The van der Waals surface area contributed by atoms with E-state index in [0.717, 1.165) is 0 Å². The van der Waals surface area contributed by atoms with E-state index in [0.29, 0.717) is 39.0 Å². The highest BCUT2D eigenvalue weighted by Crippen LogP contribution is 2.36. The van der Waals surface area contributed by atoms with Crippen molar-refractivity contribution in [3.05, 3.63) is 63.3 Å². The average Bonchev–Trinajstić information content (AvgIpc) is 2.69. The largest absolute Gasteiger partial charge is 0.497 e. The normalized spacial score (nSPS) is 16.0. The number of hydrogen-bond donors (Lipinski definition) is 3. The van der Waals surface area contributed by atoms with Crippen LogP contribution in [0.4, 0.5) is 10.5 Å². The molecule has 3 amide bonds. The van der Waals surface area contributed by atoms with Crippen LogP contribution in [-0.2, 0) is 4.79 Å². The third-order valence-electron chi connectivity index (χ3n) is 4.46. The first-order chi connectivity index (χ1) is 13.8. The van der Waals surface area contributed by atoms with Crippen molar-refractivity contribution >= 4 is 40.8 Å². The third kappa shape index (κ3) is 4.26. The zero-order chi connectivity index (χ0) is 21.1. The second kappa shape index (κ2) is 8.63. The maximum atomic E-state index is 13.2. The van der Waals surface area contributed by atoms with Gasteiger partial charge in [0.1, 0.15) is 11.5 Å². The van der Waals surface area contributed by atoms with Crippen LogP contribution in [0.2, 0.25) is 10.0 Å². The van der Waals surface area contributed by atoms with Crippen LogP contribution in [0.5, 0.6) is 11.5 Å². The zero-order valence-electron chi connectivity index (χ0n) is 15.9. The van der Waals surface area contributed by atoms with E-state index in [9.17, 15) is 9.59 Å². The Hall–Kier alpha value is -2.90. The number of hydrogen-bond acceptors (Lipinski definition) is 4. The molecule has 0 spiro atoms. The fourth-order valence-electron chi connectivity index (χ4n) is 3.07. The van der Waals surface area contributed by atoms with E-state index >= 15 is 0 Å². The van der Waals surface area contributed by atoms with E-state index < -0.39 is 18.0 Å². The minimum absolute atomic E-state index is 0.262. The summed E-state index contributed by atoms with van der Waals surface area (Å²) in [4.78, 5) is 25.3. The quantitative estimate of drug-likeness (QED) is 0.653. The minimum Gasteiger partial charge on any atom is -0.497 e. The molecule has 7 nitrogen and oxygen atoms in total. The van der Waals surface area contributed by atoms with Crippen molar-refractivity contribution in [1.82, 2.24) is 10.6 Å². The summed E-state index contributed by atoms with van der Waals surface area (Å²) in [5, 5.41) is 8.75. The molecule has 9 heteroatoms. The number of methoxy groups -OCH3 is 2. The van der Waals surface area contributed by atoms with Crippen LogP contribution in [0.3, 0.4) is 0 Å². The molecule has 2 aromatic carbocycles. The van der Waals surface area contributed by atoms with Gasteiger partial charge in [0.05, 0.1) is 41.6 Å². The number of amides is 3. The summed E-state index contributed by atoms with van der Waals surface area (Å²) in [5.41, 5.74) is 1.62. The van der Waals surface area contributed by atoms with Gasteiger partial charge in [0, 0.05) is 11.8 Å².